The summed E-state index contributed by atoms with van der Waals surface area (Å²) in [5, 5.41) is 8.82. The molecule has 0 saturated heterocycles. The highest BCUT2D eigenvalue weighted by Crippen LogP contribution is 2.32. The lowest BCUT2D eigenvalue weighted by atomic mass is 9.98. The first-order chi connectivity index (χ1) is 12.7. The Kier molecular flexibility index (Phi) is 4.35. The molecule has 4 rings (SSSR count). The number of aldehydes is 1. The SMILES string of the molecule is O=Cc1cc(-c2cc(NC3C=CNCC3)c3cnccc3c2)ccc1F. The molecule has 0 amide bonds. The summed E-state index contributed by atoms with van der Waals surface area (Å²) in [6.07, 6.45) is 9.18. The molecule has 2 aromatic carbocycles. The number of benzene rings is 2. The molecule has 0 aliphatic carbocycles. The van der Waals surface area contributed by atoms with E-state index in [0.29, 0.717) is 6.29 Å². The van der Waals surface area contributed by atoms with Gasteiger partial charge >= 0.3 is 0 Å². The fourth-order valence-corrected chi connectivity index (χ4v) is 3.22. The maximum atomic E-state index is 13.7. The average Bonchev–Trinajstić information content (AvgIpc) is 2.69. The molecule has 0 saturated carbocycles. The standard InChI is InChI=1S/C21H18FN3O/c22-20-2-1-14(9-17(20)13-26)16-10-15-3-6-24-12-19(15)21(11-16)25-18-4-7-23-8-5-18/h1-4,6-7,9-13,18,23,25H,5,8H2. The third kappa shape index (κ3) is 3.16. The van der Waals surface area contributed by atoms with Gasteiger partial charge in [0.05, 0.1) is 5.56 Å². The molecule has 4 nitrogen and oxygen atoms in total. The Balaban J connectivity index is 1.82. The minimum Gasteiger partial charge on any atom is -0.391 e. The zero-order valence-electron chi connectivity index (χ0n) is 14.1. The summed E-state index contributed by atoms with van der Waals surface area (Å²) in [4.78, 5) is 15.3. The number of pyridine rings is 1. The van der Waals surface area contributed by atoms with Crippen LogP contribution in [0.15, 0.2) is 61.1 Å². The first-order valence-corrected chi connectivity index (χ1v) is 8.54. The van der Waals surface area contributed by atoms with Crippen LogP contribution in [-0.2, 0) is 0 Å². The Morgan fingerprint density at radius 1 is 1.19 bits per heavy atom. The fourth-order valence-electron chi connectivity index (χ4n) is 3.22. The Bertz CT molecular complexity index is 1000. The smallest absolute Gasteiger partial charge is 0.153 e. The van der Waals surface area contributed by atoms with Crippen LogP contribution in [0.3, 0.4) is 0 Å². The van der Waals surface area contributed by atoms with Crippen molar-refractivity contribution in [3.05, 3.63) is 72.4 Å². The second-order valence-electron chi connectivity index (χ2n) is 6.33. The molecule has 1 aromatic heterocycles. The van der Waals surface area contributed by atoms with Crippen LogP contribution in [-0.4, -0.2) is 23.9 Å². The third-order valence-electron chi connectivity index (χ3n) is 4.60. The summed E-state index contributed by atoms with van der Waals surface area (Å²) in [6.45, 7) is 0.921. The molecule has 0 bridgehead atoms. The van der Waals surface area contributed by atoms with E-state index in [2.05, 4.69) is 21.7 Å². The number of rotatable bonds is 4. The number of nitrogens with one attached hydrogen (secondary N) is 2. The number of aromatic nitrogens is 1. The molecular weight excluding hydrogens is 329 g/mol. The van der Waals surface area contributed by atoms with Crippen LogP contribution in [0.5, 0.6) is 0 Å². The van der Waals surface area contributed by atoms with E-state index < -0.39 is 5.82 Å². The summed E-state index contributed by atoms with van der Waals surface area (Å²) >= 11 is 0. The van der Waals surface area contributed by atoms with Gasteiger partial charge in [-0.05, 0) is 65.5 Å². The average molecular weight is 347 g/mol. The van der Waals surface area contributed by atoms with Crippen LogP contribution in [0.2, 0.25) is 0 Å². The van der Waals surface area contributed by atoms with Gasteiger partial charge in [-0.3, -0.25) is 9.78 Å². The number of hydrogen-bond donors (Lipinski definition) is 2. The zero-order chi connectivity index (χ0) is 17.9. The summed E-state index contributed by atoms with van der Waals surface area (Å²) in [5.74, 6) is -0.507. The number of fused-ring (bicyclic) bond motifs is 1. The second kappa shape index (κ2) is 6.96. The third-order valence-corrected chi connectivity index (χ3v) is 4.60. The van der Waals surface area contributed by atoms with Crippen LogP contribution < -0.4 is 10.6 Å². The van der Waals surface area contributed by atoms with Gasteiger partial charge in [-0.1, -0.05) is 6.07 Å². The van der Waals surface area contributed by atoms with E-state index in [4.69, 9.17) is 0 Å². The molecule has 1 aliphatic rings. The van der Waals surface area contributed by atoms with Gasteiger partial charge in [-0.25, -0.2) is 4.39 Å². The molecule has 1 aliphatic heterocycles. The van der Waals surface area contributed by atoms with Gasteiger partial charge in [0.25, 0.3) is 0 Å². The van der Waals surface area contributed by atoms with E-state index in [0.717, 1.165) is 40.6 Å². The van der Waals surface area contributed by atoms with Crippen molar-refractivity contribution < 1.29 is 9.18 Å². The Labute approximate surface area is 150 Å². The molecule has 1 unspecified atom stereocenters. The lowest BCUT2D eigenvalue weighted by Crippen LogP contribution is -2.27. The maximum Gasteiger partial charge on any atom is 0.153 e. The van der Waals surface area contributed by atoms with Gasteiger partial charge in [0, 0.05) is 36.1 Å². The van der Waals surface area contributed by atoms with Crippen LogP contribution in [0.1, 0.15) is 16.8 Å². The Hall–Kier alpha value is -3.21. The zero-order valence-corrected chi connectivity index (χ0v) is 14.1. The molecule has 0 fully saturated rings. The first kappa shape index (κ1) is 16.3. The molecule has 130 valence electrons. The normalized spacial score (nSPS) is 16.3. The van der Waals surface area contributed by atoms with Crippen LogP contribution in [0, 0.1) is 5.82 Å². The first-order valence-electron chi connectivity index (χ1n) is 8.54. The molecule has 1 atom stereocenters. The molecule has 0 spiro atoms. The van der Waals surface area contributed by atoms with Gasteiger partial charge in [0.1, 0.15) is 5.82 Å². The highest BCUT2D eigenvalue weighted by atomic mass is 19.1. The predicted molar refractivity (Wildman–Crippen MR) is 102 cm³/mol. The number of halogens is 1. The lowest BCUT2D eigenvalue weighted by Gasteiger charge is -2.22. The summed E-state index contributed by atoms with van der Waals surface area (Å²) in [6, 6.07) is 10.8. The van der Waals surface area contributed by atoms with Crippen molar-refractivity contribution in [2.45, 2.75) is 12.5 Å². The minimum absolute atomic E-state index is 0.0631. The second-order valence-corrected chi connectivity index (χ2v) is 6.33. The van der Waals surface area contributed by atoms with Crippen molar-refractivity contribution in [1.82, 2.24) is 10.3 Å². The lowest BCUT2D eigenvalue weighted by molar-refractivity contribution is 0.112. The highest BCUT2D eigenvalue weighted by molar-refractivity contribution is 5.97. The van der Waals surface area contributed by atoms with Gasteiger partial charge in [0.15, 0.2) is 6.29 Å². The van der Waals surface area contributed by atoms with Gasteiger partial charge in [-0.15, -0.1) is 0 Å². The maximum absolute atomic E-state index is 13.7. The number of carbonyl (C=O) groups excluding carboxylic acids is 1. The topological polar surface area (TPSA) is 54.0 Å². The molecule has 2 N–H and O–H groups in total. The number of nitrogens with zero attached hydrogens (tertiary/aromatic N) is 1. The number of hydrogen-bond acceptors (Lipinski definition) is 4. The summed E-state index contributed by atoms with van der Waals surface area (Å²) in [7, 11) is 0. The Morgan fingerprint density at radius 3 is 2.92 bits per heavy atom. The van der Waals surface area contributed by atoms with E-state index in [1.54, 1.807) is 18.3 Å². The van der Waals surface area contributed by atoms with Crippen molar-refractivity contribution in [1.29, 1.82) is 0 Å². The number of anilines is 1. The largest absolute Gasteiger partial charge is 0.391 e. The summed E-state index contributed by atoms with van der Waals surface area (Å²) < 4.78 is 13.7. The van der Waals surface area contributed by atoms with Crippen molar-refractivity contribution in [3.8, 4) is 11.1 Å². The van der Waals surface area contributed by atoms with Gasteiger partial charge in [-0.2, -0.15) is 0 Å². The van der Waals surface area contributed by atoms with Crippen molar-refractivity contribution in [2.75, 3.05) is 11.9 Å². The number of carbonyl (C=O) groups is 1. The van der Waals surface area contributed by atoms with Crippen LogP contribution in [0.4, 0.5) is 10.1 Å². The molecule has 2 heterocycles. The van der Waals surface area contributed by atoms with E-state index in [1.807, 2.05) is 30.6 Å². The molecule has 5 heteroatoms. The monoisotopic (exact) mass is 347 g/mol. The van der Waals surface area contributed by atoms with Crippen molar-refractivity contribution in [3.63, 3.8) is 0 Å². The van der Waals surface area contributed by atoms with Gasteiger partial charge < -0.3 is 10.6 Å². The fraction of sp³-hybridized carbons (Fsp3) is 0.143. The van der Waals surface area contributed by atoms with E-state index >= 15 is 0 Å². The highest BCUT2D eigenvalue weighted by Gasteiger charge is 2.12. The van der Waals surface area contributed by atoms with Crippen molar-refractivity contribution >= 4 is 22.7 Å². The quantitative estimate of drug-likeness (QED) is 0.697. The molecule has 3 aromatic rings. The van der Waals surface area contributed by atoms with Gasteiger partial charge in [0.2, 0.25) is 0 Å². The molecule has 26 heavy (non-hydrogen) atoms. The van der Waals surface area contributed by atoms with Crippen LogP contribution in [0.25, 0.3) is 21.9 Å². The van der Waals surface area contributed by atoms with E-state index in [9.17, 15) is 9.18 Å². The van der Waals surface area contributed by atoms with E-state index in [-0.39, 0.29) is 11.6 Å². The van der Waals surface area contributed by atoms with Crippen LogP contribution >= 0.6 is 0 Å². The Morgan fingerprint density at radius 2 is 2.12 bits per heavy atom. The van der Waals surface area contributed by atoms with E-state index in [1.165, 1.54) is 6.07 Å². The summed E-state index contributed by atoms with van der Waals surface area (Å²) in [5.41, 5.74) is 2.76. The molecular formula is C21H18FN3O. The van der Waals surface area contributed by atoms with Crippen molar-refractivity contribution in [2.24, 2.45) is 0 Å². The minimum atomic E-state index is -0.507. The predicted octanol–water partition coefficient (Wildman–Crippen LogP) is 4.14. The molecule has 0 radical (unpaired) electrons.